The van der Waals surface area contributed by atoms with Gasteiger partial charge in [-0.3, -0.25) is 9.79 Å². The van der Waals surface area contributed by atoms with Crippen LogP contribution in [0.15, 0.2) is 57.9 Å². The lowest BCUT2D eigenvalue weighted by atomic mass is 10.1. The Balaban J connectivity index is 1.75. The number of carbonyl (C=O) groups excluding carboxylic acids is 1. The van der Waals surface area contributed by atoms with Crippen molar-refractivity contribution in [3.63, 3.8) is 0 Å². The zero-order valence-electron chi connectivity index (χ0n) is 15.8. The van der Waals surface area contributed by atoms with Crippen LogP contribution in [0.5, 0.6) is 0 Å². The number of anilines is 3. The van der Waals surface area contributed by atoms with Crippen LogP contribution in [0.3, 0.4) is 0 Å². The summed E-state index contributed by atoms with van der Waals surface area (Å²) in [5.74, 6) is -0.0554. The number of halogens is 1. The van der Waals surface area contributed by atoms with E-state index in [-0.39, 0.29) is 11.5 Å². The van der Waals surface area contributed by atoms with Gasteiger partial charge in [-0.1, -0.05) is 23.7 Å². The Morgan fingerprint density at radius 1 is 1.24 bits per heavy atom. The topological polar surface area (TPSA) is 80.6 Å². The largest absolute Gasteiger partial charge is 0.453 e. The van der Waals surface area contributed by atoms with E-state index in [4.69, 9.17) is 21.8 Å². The number of aryl methyl sites for hydroxylation is 1. The Hall–Kier alpha value is -3.09. The van der Waals surface area contributed by atoms with Gasteiger partial charge < -0.3 is 15.5 Å². The molecule has 0 amide bonds. The Morgan fingerprint density at radius 2 is 2.07 bits per heavy atom. The summed E-state index contributed by atoms with van der Waals surface area (Å²) < 4.78 is 5.73. The number of hydrogen-bond donors (Lipinski definition) is 2. The lowest BCUT2D eigenvalue weighted by Gasteiger charge is -2.06. The molecule has 2 heterocycles. The predicted octanol–water partition coefficient (Wildman–Crippen LogP) is 6.06. The monoisotopic (exact) mass is 423 g/mol. The van der Waals surface area contributed by atoms with Crippen LogP contribution < -0.4 is 11.1 Å². The molecule has 0 aliphatic rings. The molecule has 3 N–H and O–H groups in total. The summed E-state index contributed by atoms with van der Waals surface area (Å²) in [6.07, 6.45) is 1.65. The van der Waals surface area contributed by atoms with Crippen LogP contribution in [0.2, 0.25) is 5.02 Å². The number of benzene rings is 2. The van der Waals surface area contributed by atoms with Crippen molar-refractivity contribution in [2.45, 2.75) is 6.92 Å². The van der Waals surface area contributed by atoms with Crippen LogP contribution in [0.25, 0.3) is 11.0 Å². The number of rotatable bonds is 5. The van der Waals surface area contributed by atoms with Crippen molar-refractivity contribution in [1.82, 2.24) is 0 Å². The van der Waals surface area contributed by atoms with Crippen LogP contribution in [0.1, 0.15) is 26.6 Å². The van der Waals surface area contributed by atoms with Crippen LogP contribution >= 0.6 is 22.9 Å². The van der Waals surface area contributed by atoms with Gasteiger partial charge in [0.25, 0.3) is 0 Å². The molecule has 0 saturated carbocycles. The number of nitrogens with one attached hydrogen (secondary N) is 1. The maximum absolute atomic E-state index is 13.1. The van der Waals surface area contributed by atoms with Gasteiger partial charge in [0, 0.05) is 29.4 Å². The van der Waals surface area contributed by atoms with Gasteiger partial charge in [0.15, 0.2) is 5.76 Å². The molecule has 0 unspecified atom stereocenters. The first kappa shape index (κ1) is 19.2. The second kappa shape index (κ2) is 7.73. The number of furan rings is 1. The fraction of sp³-hybridized carbons (Fsp3) is 0.0909. The Bertz CT molecular complexity index is 1260. The molecular weight excluding hydrogens is 406 g/mol. The number of nitrogen functional groups attached to an aromatic ring is 1. The molecule has 0 aliphatic carbocycles. The molecule has 0 radical (unpaired) electrons. The summed E-state index contributed by atoms with van der Waals surface area (Å²) >= 11 is 7.31. The second-order valence-corrected chi connectivity index (χ2v) is 8.05. The third kappa shape index (κ3) is 3.77. The van der Waals surface area contributed by atoms with E-state index in [1.165, 1.54) is 11.3 Å². The van der Waals surface area contributed by atoms with Gasteiger partial charge in [-0.05, 0) is 48.9 Å². The molecule has 0 atom stereocenters. The highest BCUT2D eigenvalue weighted by Crippen LogP contribution is 2.38. The lowest BCUT2D eigenvalue weighted by Crippen LogP contribution is -2.02. The predicted molar refractivity (Wildman–Crippen MR) is 121 cm³/mol. The van der Waals surface area contributed by atoms with Crippen molar-refractivity contribution in [2.75, 3.05) is 18.1 Å². The van der Waals surface area contributed by atoms with E-state index >= 15 is 0 Å². The van der Waals surface area contributed by atoms with Crippen LogP contribution in [-0.4, -0.2) is 19.0 Å². The third-order valence-electron chi connectivity index (χ3n) is 4.43. The van der Waals surface area contributed by atoms with Crippen molar-refractivity contribution in [3.8, 4) is 0 Å². The standard InChI is InChI=1S/C22H18ClN3O2S/c1-12-4-3-5-15(8-12)26-22-16(11-25-2)19(24)21(29-22)20(27)18-10-13-9-14(23)6-7-17(13)28-18/h3-11,26H,24H2,1-2H3/b25-11+. The minimum Gasteiger partial charge on any atom is -0.453 e. The maximum atomic E-state index is 13.1. The van der Waals surface area contributed by atoms with Gasteiger partial charge in [0.2, 0.25) is 5.78 Å². The molecule has 2 aromatic heterocycles. The number of hydrogen-bond acceptors (Lipinski definition) is 6. The number of carbonyl (C=O) groups is 1. The lowest BCUT2D eigenvalue weighted by molar-refractivity contribution is 0.102. The number of fused-ring (bicyclic) bond motifs is 1. The quantitative estimate of drug-likeness (QED) is 0.302. The van der Waals surface area contributed by atoms with E-state index in [0.29, 0.717) is 26.7 Å². The molecule has 5 nitrogen and oxygen atoms in total. The highest BCUT2D eigenvalue weighted by Gasteiger charge is 2.24. The fourth-order valence-electron chi connectivity index (χ4n) is 3.07. The van der Waals surface area contributed by atoms with Gasteiger partial charge in [-0.2, -0.15) is 0 Å². The van der Waals surface area contributed by atoms with Gasteiger partial charge in [-0.25, -0.2) is 0 Å². The molecule has 7 heteroatoms. The van der Waals surface area contributed by atoms with Gasteiger partial charge in [-0.15, -0.1) is 11.3 Å². The molecule has 146 valence electrons. The molecule has 0 fully saturated rings. The Labute approximate surface area is 176 Å². The van der Waals surface area contributed by atoms with Gasteiger partial charge in [0.05, 0.1) is 11.3 Å². The molecule has 0 saturated heterocycles. The molecule has 2 aromatic carbocycles. The minimum absolute atomic E-state index is 0.220. The SMILES string of the molecule is C/N=C/c1c(Nc2cccc(C)c2)sc(C(=O)c2cc3cc(Cl)ccc3o2)c1N. The number of nitrogens with two attached hydrogens (primary N) is 1. The first-order valence-electron chi connectivity index (χ1n) is 8.88. The normalized spacial score (nSPS) is 11.4. The Morgan fingerprint density at radius 3 is 2.83 bits per heavy atom. The summed E-state index contributed by atoms with van der Waals surface area (Å²) in [5, 5.41) is 5.45. The van der Waals surface area contributed by atoms with Gasteiger partial charge >= 0.3 is 0 Å². The summed E-state index contributed by atoms with van der Waals surface area (Å²) in [4.78, 5) is 17.6. The zero-order valence-corrected chi connectivity index (χ0v) is 17.4. The average Bonchev–Trinajstić information content (AvgIpc) is 3.24. The molecule has 0 spiro atoms. The molecule has 4 aromatic rings. The minimum atomic E-state index is -0.275. The summed E-state index contributed by atoms with van der Waals surface area (Å²) in [6.45, 7) is 2.02. The highest BCUT2D eigenvalue weighted by molar-refractivity contribution is 7.19. The van der Waals surface area contributed by atoms with Crippen LogP contribution in [0, 0.1) is 6.92 Å². The van der Waals surface area contributed by atoms with E-state index in [9.17, 15) is 4.79 Å². The van der Waals surface area contributed by atoms with Crippen molar-refractivity contribution < 1.29 is 9.21 Å². The maximum Gasteiger partial charge on any atom is 0.240 e. The third-order valence-corrected chi connectivity index (χ3v) is 5.80. The number of aliphatic imine (C=N–C) groups is 1. The van der Waals surface area contributed by atoms with Crippen molar-refractivity contribution in [2.24, 2.45) is 4.99 Å². The first-order chi connectivity index (χ1) is 14.0. The van der Waals surface area contributed by atoms with E-state index in [2.05, 4.69) is 10.3 Å². The van der Waals surface area contributed by atoms with E-state index in [0.717, 1.165) is 21.6 Å². The van der Waals surface area contributed by atoms with Crippen LogP contribution in [-0.2, 0) is 0 Å². The van der Waals surface area contributed by atoms with E-state index in [1.54, 1.807) is 37.5 Å². The Kier molecular flexibility index (Phi) is 5.13. The van der Waals surface area contributed by atoms with Crippen molar-refractivity contribution in [3.05, 3.63) is 75.3 Å². The second-order valence-electron chi connectivity index (χ2n) is 6.59. The zero-order chi connectivity index (χ0) is 20.5. The van der Waals surface area contributed by atoms with Crippen LogP contribution in [0.4, 0.5) is 16.4 Å². The molecule has 0 aliphatic heterocycles. The van der Waals surface area contributed by atoms with E-state index < -0.39 is 0 Å². The van der Waals surface area contributed by atoms with Crippen molar-refractivity contribution in [1.29, 1.82) is 0 Å². The number of nitrogens with zero attached hydrogens (tertiary/aromatic N) is 1. The summed E-state index contributed by atoms with van der Waals surface area (Å²) in [6, 6.07) is 14.9. The van der Waals surface area contributed by atoms with Crippen molar-refractivity contribution >= 4 is 62.3 Å². The first-order valence-corrected chi connectivity index (χ1v) is 10.1. The number of ketones is 1. The molecule has 0 bridgehead atoms. The smallest absolute Gasteiger partial charge is 0.240 e. The van der Waals surface area contributed by atoms with E-state index in [1.807, 2.05) is 31.2 Å². The fourth-order valence-corrected chi connectivity index (χ4v) is 4.31. The number of thiophene rings is 1. The molecule has 4 rings (SSSR count). The molecular formula is C22H18ClN3O2S. The summed E-state index contributed by atoms with van der Waals surface area (Å²) in [7, 11) is 1.66. The van der Waals surface area contributed by atoms with Gasteiger partial charge in [0.1, 0.15) is 15.5 Å². The summed E-state index contributed by atoms with van der Waals surface area (Å²) in [5.41, 5.74) is 10.0. The average molecular weight is 424 g/mol. The highest BCUT2D eigenvalue weighted by atomic mass is 35.5. The molecule has 29 heavy (non-hydrogen) atoms.